The number of hydrogen-bond donors (Lipinski definition) is 1. The Hall–Kier alpha value is -1.43. The zero-order chi connectivity index (χ0) is 12.3. The summed E-state index contributed by atoms with van der Waals surface area (Å²) in [4.78, 5) is 4.46. The van der Waals surface area contributed by atoms with Crippen LogP contribution in [-0.2, 0) is 4.74 Å². The standard InChI is InChI=1S/C11H19N5O/c1-13-16(9-3-5-17-6-4-9)11-7-10(12)15(2)8-14-11/h8-9,11-12H,1,3-7H2,2H3/p+1. The molecule has 94 valence electrons. The van der Waals surface area contributed by atoms with Crippen LogP contribution >= 0.6 is 0 Å². The molecular formula is C11H20N5O+. The maximum atomic E-state index is 5.93. The van der Waals surface area contributed by atoms with Gasteiger partial charge in [-0.1, -0.05) is 0 Å². The highest BCUT2D eigenvalue weighted by Gasteiger charge is 2.31. The Kier molecular flexibility index (Phi) is 3.73. The zero-order valence-corrected chi connectivity index (χ0v) is 10.2. The molecule has 0 amide bonds. The second-order valence-corrected chi connectivity index (χ2v) is 4.42. The molecule has 1 saturated heterocycles. The minimum Gasteiger partial charge on any atom is -0.381 e. The molecule has 0 saturated carbocycles. The summed E-state index contributed by atoms with van der Waals surface area (Å²) in [6.45, 7) is 5.22. The van der Waals surface area contributed by atoms with Crippen LogP contribution in [0.1, 0.15) is 19.3 Å². The Morgan fingerprint density at radius 1 is 1.59 bits per heavy atom. The lowest BCUT2D eigenvalue weighted by molar-refractivity contribution is -0.366. The minimum atomic E-state index is -0.0215. The first-order valence-electron chi connectivity index (χ1n) is 5.92. The van der Waals surface area contributed by atoms with Crippen LogP contribution < -0.4 is 5.73 Å². The molecule has 0 radical (unpaired) electrons. The van der Waals surface area contributed by atoms with Crippen molar-refractivity contribution in [3.8, 4) is 0 Å². The molecular weight excluding hydrogens is 218 g/mol. The zero-order valence-electron chi connectivity index (χ0n) is 10.2. The summed E-state index contributed by atoms with van der Waals surface area (Å²) >= 11 is 0. The average Bonchev–Trinajstić information content (AvgIpc) is 2.36. The third kappa shape index (κ3) is 2.63. The summed E-state index contributed by atoms with van der Waals surface area (Å²) in [6.07, 6.45) is 4.37. The van der Waals surface area contributed by atoms with Crippen molar-refractivity contribution in [2.75, 3.05) is 20.3 Å². The summed E-state index contributed by atoms with van der Waals surface area (Å²) < 4.78 is 7.19. The summed E-state index contributed by atoms with van der Waals surface area (Å²) in [5.41, 5.74) is 5.93. The van der Waals surface area contributed by atoms with Crippen molar-refractivity contribution in [1.29, 1.82) is 0 Å². The van der Waals surface area contributed by atoms with Crippen LogP contribution in [-0.4, -0.2) is 60.9 Å². The SMILES string of the molecule is C=NN(C1CCOCC1)C1CC(N)=[N+](C)C=N1. The normalized spacial score (nSPS) is 26.1. The summed E-state index contributed by atoms with van der Waals surface area (Å²) in [6, 6.07) is 0.361. The molecule has 0 aromatic carbocycles. The average molecular weight is 238 g/mol. The van der Waals surface area contributed by atoms with Gasteiger partial charge in [0, 0.05) is 19.9 Å². The van der Waals surface area contributed by atoms with Gasteiger partial charge in [-0.3, -0.25) is 5.01 Å². The molecule has 2 aliphatic rings. The molecule has 0 aromatic heterocycles. The predicted molar refractivity (Wildman–Crippen MR) is 67.5 cm³/mol. The molecule has 0 spiro atoms. The van der Waals surface area contributed by atoms with E-state index in [1.807, 2.05) is 16.6 Å². The van der Waals surface area contributed by atoms with Crippen LogP contribution in [0.4, 0.5) is 0 Å². The summed E-state index contributed by atoms with van der Waals surface area (Å²) in [7, 11) is 1.90. The van der Waals surface area contributed by atoms with E-state index < -0.39 is 0 Å². The summed E-state index contributed by atoms with van der Waals surface area (Å²) in [5.74, 6) is 0.811. The highest BCUT2D eigenvalue weighted by molar-refractivity contribution is 5.80. The highest BCUT2D eigenvalue weighted by Crippen LogP contribution is 2.20. The van der Waals surface area contributed by atoms with E-state index in [4.69, 9.17) is 10.5 Å². The first kappa shape index (κ1) is 12.0. The molecule has 0 aromatic rings. The maximum absolute atomic E-state index is 5.93. The highest BCUT2D eigenvalue weighted by atomic mass is 16.5. The lowest BCUT2D eigenvalue weighted by atomic mass is 10.1. The Bertz CT molecular complexity index is 346. The van der Waals surface area contributed by atoms with Crippen LogP contribution in [0.3, 0.4) is 0 Å². The van der Waals surface area contributed by atoms with Gasteiger partial charge in [0.25, 0.3) is 0 Å². The Balaban J connectivity index is 2.04. The van der Waals surface area contributed by atoms with Crippen LogP contribution in [0, 0.1) is 0 Å². The fourth-order valence-electron chi connectivity index (χ4n) is 2.20. The Labute approximate surface area is 101 Å². The van der Waals surface area contributed by atoms with Gasteiger partial charge in [0.2, 0.25) is 12.5 Å². The van der Waals surface area contributed by atoms with Crippen LogP contribution in [0.5, 0.6) is 0 Å². The molecule has 2 N–H and O–H groups in total. The number of ether oxygens (including phenoxy) is 1. The van der Waals surface area contributed by atoms with E-state index in [2.05, 4.69) is 16.8 Å². The van der Waals surface area contributed by atoms with Crippen molar-refractivity contribution in [1.82, 2.24) is 5.01 Å². The second-order valence-electron chi connectivity index (χ2n) is 4.42. The molecule has 6 nitrogen and oxygen atoms in total. The first-order valence-corrected chi connectivity index (χ1v) is 5.92. The molecule has 2 heterocycles. The van der Waals surface area contributed by atoms with Crippen molar-refractivity contribution in [3.05, 3.63) is 0 Å². The quantitative estimate of drug-likeness (QED) is 0.422. The second kappa shape index (κ2) is 5.27. The monoisotopic (exact) mass is 238 g/mol. The van der Waals surface area contributed by atoms with E-state index in [-0.39, 0.29) is 6.17 Å². The third-order valence-electron chi connectivity index (χ3n) is 3.29. The van der Waals surface area contributed by atoms with Crippen molar-refractivity contribution >= 4 is 18.9 Å². The van der Waals surface area contributed by atoms with Gasteiger partial charge in [0.15, 0.2) is 5.84 Å². The van der Waals surface area contributed by atoms with E-state index in [9.17, 15) is 0 Å². The van der Waals surface area contributed by atoms with Crippen LogP contribution in [0.25, 0.3) is 0 Å². The van der Waals surface area contributed by atoms with Gasteiger partial charge in [-0.05, 0) is 12.8 Å². The molecule has 0 aliphatic carbocycles. The van der Waals surface area contributed by atoms with E-state index in [1.54, 1.807) is 6.34 Å². The molecule has 0 bridgehead atoms. The van der Waals surface area contributed by atoms with Crippen molar-refractivity contribution < 1.29 is 9.31 Å². The number of hydrazone groups is 1. The van der Waals surface area contributed by atoms with E-state index in [1.165, 1.54) is 0 Å². The van der Waals surface area contributed by atoms with Gasteiger partial charge < -0.3 is 10.5 Å². The Morgan fingerprint density at radius 2 is 2.29 bits per heavy atom. The van der Waals surface area contributed by atoms with E-state index >= 15 is 0 Å². The molecule has 6 heteroatoms. The van der Waals surface area contributed by atoms with Gasteiger partial charge in [-0.25, -0.2) is 4.58 Å². The lowest BCUT2D eigenvalue weighted by Crippen LogP contribution is -2.46. The van der Waals surface area contributed by atoms with E-state index in [0.717, 1.165) is 31.9 Å². The molecule has 2 rings (SSSR count). The van der Waals surface area contributed by atoms with Crippen molar-refractivity contribution in [2.45, 2.75) is 31.5 Å². The van der Waals surface area contributed by atoms with Gasteiger partial charge in [0.05, 0.1) is 19.5 Å². The third-order valence-corrected chi connectivity index (χ3v) is 3.29. The van der Waals surface area contributed by atoms with Crippen molar-refractivity contribution in [2.24, 2.45) is 15.8 Å². The molecule has 1 fully saturated rings. The largest absolute Gasteiger partial charge is 0.381 e. The smallest absolute Gasteiger partial charge is 0.222 e. The minimum absolute atomic E-state index is 0.0215. The molecule has 1 atom stereocenters. The lowest BCUT2D eigenvalue weighted by Gasteiger charge is -2.34. The predicted octanol–water partition coefficient (Wildman–Crippen LogP) is -0.159. The maximum Gasteiger partial charge on any atom is 0.222 e. The van der Waals surface area contributed by atoms with Gasteiger partial charge in [-0.15, -0.1) is 4.99 Å². The molecule has 1 unspecified atom stereocenters. The number of nitrogens with two attached hydrogens (primary N) is 1. The van der Waals surface area contributed by atoms with E-state index in [0.29, 0.717) is 12.5 Å². The topological polar surface area (TPSA) is 66.2 Å². The molecule has 17 heavy (non-hydrogen) atoms. The Morgan fingerprint density at radius 3 is 2.88 bits per heavy atom. The first-order chi connectivity index (χ1) is 8.22. The summed E-state index contributed by atoms with van der Waals surface area (Å²) in [5, 5.41) is 6.09. The van der Waals surface area contributed by atoms with Crippen LogP contribution in [0.2, 0.25) is 0 Å². The fourth-order valence-corrected chi connectivity index (χ4v) is 2.20. The number of amidine groups is 1. The number of nitrogens with zero attached hydrogens (tertiary/aromatic N) is 4. The van der Waals surface area contributed by atoms with Gasteiger partial charge >= 0.3 is 0 Å². The number of rotatable bonds is 3. The van der Waals surface area contributed by atoms with Gasteiger partial charge in [-0.2, -0.15) is 5.10 Å². The van der Waals surface area contributed by atoms with Crippen LogP contribution in [0.15, 0.2) is 10.1 Å². The number of aliphatic imine (C=N–C) groups is 1. The van der Waals surface area contributed by atoms with Crippen molar-refractivity contribution in [3.63, 3.8) is 0 Å². The molecule has 2 aliphatic heterocycles. The number of hydrogen-bond acceptors (Lipinski definition) is 5. The van der Waals surface area contributed by atoms with Gasteiger partial charge in [0.1, 0.15) is 0 Å². The fraction of sp³-hybridized carbons (Fsp3) is 0.727.